The van der Waals surface area contributed by atoms with E-state index in [9.17, 15) is 13.2 Å². The average Bonchev–Trinajstić information content (AvgIpc) is 3.03. The Bertz CT molecular complexity index is 1210. The van der Waals surface area contributed by atoms with Gasteiger partial charge in [-0.3, -0.25) is 4.79 Å². The SMILES string of the molecule is CCCCCS(=O)(=O)NC(=O)c1ccc2nc(C)n(Cc3ccc(SC)cc3Cl)c2n1. The van der Waals surface area contributed by atoms with Crippen LogP contribution in [0.1, 0.15) is 48.1 Å². The summed E-state index contributed by atoms with van der Waals surface area (Å²) in [5.41, 5.74) is 2.05. The lowest BCUT2D eigenvalue weighted by atomic mass is 10.2. The van der Waals surface area contributed by atoms with E-state index in [1.54, 1.807) is 17.8 Å². The monoisotopic (exact) mass is 480 g/mol. The van der Waals surface area contributed by atoms with Gasteiger partial charge in [-0.1, -0.05) is 37.4 Å². The number of carbonyl (C=O) groups excluding carboxylic acids is 1. The van der Waals surface area contributed by atoms with E-state index in [2.05, 4.69) is 14.7 Å². The molecule has 1 aromatic carbocycles. The summed E-state index contributed by atoms with van der Waals surface area (Å²) in [5, 5.41) is 0.639. The molecule has 7 nitrogen and oxygen atoms in total. The molecule has 0 aliphatic heterocycles. The summed E-state index contributed by atoms with van der Waals surface area (Å²) in [7, 11) is -3.70. The molecular formula is C21H25ClN4O3S2. The van der Waals surface area contributed by atoms with E-state index in [1.165, 1.54) is 6.07 Å². The highest BCUT2D eigenvalue weighted by Gasteiger charge is 2.19. The van der Waals surface area contributed by atoms with Crippen LogP contribution in [0.4, 0.5) is 0 Å². The van der Waals surface area contributed by atoms with Gasteiger partial charge >= 0.3 is 0 Å². The first-order chi connectivity index (χ1) is 14.7. The number of amides is 1. The molecule has 0 spiro atoms. The number of rotatable bonds is 9. The van der Waals surface area contributed by atoms with E-state index in [-0.39, 0.29) is 11.4 Å². The highest BCUT2D eigenvalue weighted by atomic mass is 35.5. The van der Waals surface area contributed by atoms with Crippen molar-refractivity contribution in [3.8, 4) is 0 Å². The number of nitrogens with one attached hydrogen (secondary N) is 1. The molecule has 0 fully saturated rings. The molecule has 31 heavy (non-hydrogen) atoms. The number of imidazole rings is 1. The van der Waals surface area contributed by atoms with Crippen LogP contribution in [-0.4, -0.2) is 40.9 Å². The van der Waals surface area contributed by atoms with Crippen LogP contribution in [0.3, 0.4) is 0 Å². The predicted molar refractivity (Wildman–Crippen MR) is 125 cm³/mol. The number of fused-ring (bicyclic) bond motifs is 1. The highest BCUT2D eigenvalue weighted by Crippen LogP contribution is 2.25. The second-order valence-corrected chi connectivity index (χ2v) is 10.3. The minimum Gasteiger partial charge on any atom is -0.308 e. The number of unbranched alkanes of at least 4 members (excludes halogenated alkanes) is 2. The van der Waals surface area contributed by atoms with Gasteiger partial charge in [0.2, 0.25) is 10.0 Å². The minimum absolute atomic E-state index is 0.0246. The summed E-state index contributed by atoms with van der Waals surface area (Å²) in [4.78, 5) is 22.5. The molecule has 0 saturated heterocycles. The number of aromatic nitrogens is 3. The van der Waals surface area contributed by atoms with Crippen LogP contribution in [-0.2, 0) is 16.6 Å². The van der Waals surface area contributed by atoms with Crippen LogP contribution in [0, 0.1) is 6.92 Å². The molecule has 2 aromatic heterocycles. The molecule has 1 amide bonds. The number of sulfonamides is 1. The molecule has 3 rings (SSSR count). The number of aryl methyl sites for hydroxylation is 1. The zero-order valence-corrected chi connectivity index (χ0v) is 20.1. The molecule has 0 aliphatic rings. The largest absolute Gasteiger partial charge is 0.308 e. The van der Waals surface area contributed by atoms with Crippen molar-refractivity contribution in [2.24, 2.45) is 0 Å². The van der Waals surface area contributed by atoms with E-state index in [4.69, 9.17) is 11.6 Å². The Balaban J connectivity index is 1.87. The Hall–Kier alpha value is -2.10. The van der Waals surface area contributed by atoms with Gasteiger partial charge in [0.1, 0.15) is 17.0 Å². The maximum atomic E-state index is 12.5. The first kappa shape index (κ1) is 23.6. The molecule has 166 valence electrons. The third kappa shape index (κ3) is 5.78. The molecule has 0 bridgehead atoms. The third-order valence-corrected chi connectivity index (χ3v) is 7.27. The van der Waals surface area contributed by atoms with Gasteiger partial charge in [-0.05, 0) is 49.4 Å². The topological polar surface area (TPSA) is 94.0 Å². The second-order valence-electron chi connectivity index (χ2n) is 7.20. The number of halogens is 1. The molecule has 0 unspecified atom stereocenters. The average molecular weight is 481 g/mol. The van der Waals surface area contributed by atoms with Gasteiger partial charge < -0.3 is 4.57 Å². The molecule has 1 N–H and O–H groups in total. The van der Waals surface area contributed by atoms with Crippen molar-refractivity contribution in [2.45, 2.75) is 44.6 Å². The molecule has 0 saturated carbocycles. The quantitative estimate of drug-likeness (QED) is 0.360. The van der Waals surface area contributed by atoms with E-state index < -0.39 is 15.9 Å². The zero-order chi connectivity index (χ0) is 22.6. The number of pyridine rings is 1. The fourth-order valence-corrected chi connectivity index (χ4v) is 4.99. The molecule has 0 radical (unpaired) electrons. The number of benzene rings is 1. The first-order valence-electron chi connectivity index (χ1n) is 9.95. The highest BCUT2D eigenvalue weighted by molar-refractivity contribution is 7.98. The Kier molecular flexibility index (Phi) is 7.61. The van der Waals surface area contributed by atoms with Crippen LogP contribution >= 0.6 is 23.4 Å². The van der Waals surface area contributed by atoms with E-state index in [0.29, 0.717) is 29.2 Å². The molecular weight excluding hydrogens is 456 g/mol. The summed E-state index contributed by atoms with van der Waals surface area (Å²) >= 11 is 8.05. The van der Waals surface area contributed by atoms with Gasteiger partial charge in [0.15, 0.2) is 5.65 Å². The lowest BCUT2D eigenvalue weighted by Crippen LogP contribution is -2.33. The number of nitrogens with zero attached hydrogens (tertiary/aromatic N) is 3. The maximum Gasteiger partial charge on any atom is 0.283 e. The van der Waals surface area contributed by atoms with Crippen LogP contribution in [0.15, 0.2) is 35.2 Å². The normalized spacial score (nSPS) is 11.7. The molecule has 3 aromatic rings. The Morgan fingerprint density at radius 3 is 2.65 bits per heavy atom. The summed E-state index contributed by atoms with van der Waals surface area (Å²) in [6.07, 6.45) is 4.18. The van der Waals surface area contributed by atoms with E-state index in [1.807, 2.05) is 42.9 Å². The van der Waals surface area contributed by atoms with Gasteiger partial charge in [0.25, 0.3) is 5.91 Å². The van der Waals surface area contributed by atoms with Crippen molar-refractivity contribution < 1.29 is 13.2 Å². The van der Waals surface area contributed by atoms with Gasteiger partial charge in [0, 0.05) is 9.92 Å². The lowest BCUT2D eigenvalue weighted by molar-refractivity contribution is 0.0977. The standard InChI is InChI=1S/C21H25ClN4O3S2/c1-4-5-6-11-31(28,29)25-21(27)19-10-9-18-20(24-19)26(14(2)23-18)13-15-7-8-16(30-3)12-17(15)22/h7-10,12H,4-6,11,13H2,1-3H3,(H,25,27). The zero-order valence-electron chi connectivity index (χ0n) is 17.7. The van der Waals surface area contributed by atoms with Crippen LogP contribution in [0.5, 0.6) is 0 Å². The Labute approximate surface area is 191 Å². The van der Waals surface area contributed by atoms with Gasteiger partial charge in [-0.25, -0.2) is 23.1 Å². The number of hydrogen-bond acceptors (Lipinski definition) is 6. The summed E-state index contributed by atoms with van der Waals surface area (Å²) in [5.74, 6) is -0.112. The third-order valence-electron chi connectivity index (χ3n) is 4.87. The van der Waals surface area contributed by atoms with Crippen LogP contribution in [0.2, 0.25) is 5.02 Å². The van der Waals surface area contributed by atoms with Gasteiger partial charge in [0.05, 0.1) is 12.3 Å². The molecule has 0 aliphatic carbocycles. The van der Waals surface area contributed by atoms with Crippen molar-refractivity contribution in [1.29, 1.82) is 0 Å². The predicted octanol–water partition coefficient (Wildman–Crippen LogP) is 4.41. The fraction of sp³-hybridized carbons (Fsp3) is 0.381. The second kappa shape index (κ2) is 10.0. The van der Waals surface area contributed by atoms with E-state index >= 15 is 0 Å². The first-order valence-corrected chi connectivity index (χ1v) is 13.2. The van der Waals surface area contributed by atoms with Gasteiger partial charge in [-0.2, -0.15) is 0 Å². The van der Waals surface area contributed by atoms with E-state index in [0.717, 1.165) is 29.1 Å². The smallest absolute Gasteiger partial charge is 0.283 e. The molecule has 0 atom stereocenters. The summed E-state index contributed by atoms with van der Waals surface area (Å²) in [6.45, 7) is 4.27. The summed E-state index contributed by atoms with van der Waals surface area (Å²) < 4.78 is 28.3. The van der Waals surface area contributed by atoms with Crippen molar-refractivity contribution in [1.82, 2.24) is 19.3 Å². The van der Waals surface area contributed by atoms with Crippen molar-refractivity contribution >= 4 is 50.5 Å². The number of hydrogen-bond donors (Lipinski definition) is 1. The van der Waals surface area contributed by atoms with Crippen molar-refractivity contribution in [3.05, 3.63) is 52.4 Å². The minimum atomic E-state index is -3.70. The Morgan fingerprint density at radius 2 is 1.97 bits per heavy atom. The van der Waals surface area contributed by atoms with Crippen LogP contribution in [0.25, 0.3) is 11.2 Å². The Morgan fingerprint density at radius 1 is 1.19 bits per heavy atom. The number of thioether (sulfide) groups is 1. The van der Waals surface area contributed by atoms with Gasteiger partial charge in [-0.15, -0.1) is 11.8 Å². The maximum absolute atomic E-state index is 12.5. The van der Waals surface area contributed by atoms with Crippen molar-refractivity contribution in [3.63, 3.8) is 0 Å². The van der Waals surface area contributed by atoms with Crippen LogP contribution < -0.4 is 4.72 Å². The molecule has 2 heterocycles. The number of carbonyl (C=O) groups is 1. The van der Waals surface area contributed by atoms with Crippen molar-refractivity contribution in [2.75, 3.05) is 12.0 Å². The molecule has 10 heteroatoms. The summed E-state index contributed by atoms with van der Waals surface area (Å²) in [6, 6.07) is 9.01. The lowest BCUT2D eigenvalue weighted by Gasteiger charge is -2.10. The fourth-order valence-electron chi connectivity index (χ4n) is 3.17.